The van der Waals surface area contributed by atoms with E-state index in [2.05, 4.69) is 5.32 Å². The topological polar surface area (TPSA) is 86.8 Å². The van der Waals surface area contributed by atoms with E-state index >= 15 is 0 Å². The standard InChI is InChI=1S/C32H41N3O4S/c1-5-26(3)33-32(37)30(23-27-16-8-6-9-17-27)34(24-28-18-13-12-15-25(28)2)31(36)21-14-22-35(40(4,38)39)29-19-10-7-11-20-29/h6-13,15-20,26,30H,5,14,21-24H2,1-4H3,(H,33,37)/t26-,30-/m1/s1. The van der Waals surface area contributed by atoms with Crippen LogP contribution in [0.4, 0.5) is 5.69 Å². The van der Waals surface area contributed by atoms with Crippen LogP contribution in [0.15, 0.2) is 84.9 Å². The number of amides is 2. The van der Waals surface area contributed by atoms with Gasteiger partial charge in [-0.05, 0) is 55.5 Å². The molecule has 0 heterocycles. The predicted octanol–water partition coefficient (Wildman–Crippen LogP) is 5.10. The minimum absolute atomic E-state index is 0.0321. The number of carbonyl (C=O) groups is 2. The summed E-state index contributed by atoms with van der Waals surface area (Å²) < 4.78 is 26.4. The van der Waals surface area contributed by atoms with Crippen molar-refractivity contribution in [3.05, 3.63) is 102 Å². The number of anilines is 1. The number of para-hydroxylation sites is 1. The minimum Gasteiger partial charge on any atom is -0.352 e. The summed E-state index contributed by atoms with van der Waals surface area (Å²) in [7, 11) is -3.53. The molecule has 0 bridgehead atoms. The van der Waals surface area contributed by atoms with Crippen LogP contribution in [-0.2, 0) is 32.6 Å². The Morgan fingerprint density at radius 2 is 1.50 bits per heavy atom. The van der Waals surface area contributed by atoms with E-state index in [4.69, 9.17) is 0 Å². The fourth-order valence-corrected chi connectivity index (χ4v) is 5.53. The lowest BCUT2D eigenvalue weighted by molar-refractivity contribution is -0.141. The number of nitrogens with one attached hydrogen (secondary N) is 1. The molecule has 0 aliphatic heterocycles. The molecule has 8 heteroatoms. The van der Waals surface area contributed by atoms with Crippen molar-refractivity contribution in [2.45, 2.75) is 65.1 Å². The molecule has 3 aromatic rings. The fourth-order valence-electron chi connectivity index (χ4n) is 4.56. The molecule has 1 N–H and O–H groups in total. The van der Waals surface area contributed by atoms with Crippen molar-refractivity contribution >= 4 is 27.5 Å². The smallest absolute Gasteiger partial charge is 0.243 e. The molecular formula is C32H41N3O4S. The zero-order chi connectivity index (χ0) is 29.1. The summed E-state index contributed by atoms with van der Waals surface area (Å²) in [5.74, 6) is -0.382. The van der Waals surface area contributed by atoms with Crippen LogP contribution in [0.1, 0.15) is 49.8 Å². The van der Waals surface area contributed by atoms with Gasteiger partial charge in [0.1, 0.15) is 6.04 Å². The van der Waals surface area contributed by atoms with Crippen molar-refractivity contribution in [3.63, 3.8) is 0 Å². The lowest BCUT2D eigenvalue weighted by Gasteiger charge is -2.33. The second-order valence-corrected chi connectivity index (χ2v) is 12.2. The molecule has 0 aliphatic rings. The van der Waals surface area contributed by atoms with Crippen LogP contribution in [0.2, 0.25) is 0 Å². The number of nitrogens with zero attached hydrogens (tertiary/aromatic N) is 2. The number of hydrogen-bond donors (Lipinski definition) is 1. The van der Waals surface area contributed by atoms with Crippen LogP contribution in [0.5, 0.6) is 0 Å². The highest BCUT2D eigenvalue weighted by Crippen LogP contribution is 2.21. The van der Waals surface area contributed by atoms with E-state index in [0.29, 0.717) is 18.5 Å². The van der Waals surface area contributed by atoms with Crippen LogP contribution in [-0.4, -0.2) is 50.0 Å². The zero-order valence-electron chi connectivity index (χ0n) is 23.9. The highest BCUT2D eigenvalue weighted by atomic mass is 32.2. The number of carbonyl (C=O) groups excluding carboxylic acids is 2. The van der Waals surface area contributed by atoms with E-state index in [0.717, 1.165) is 23.1 Å². The summed E-state index contributed by atoms with van der Waals surface area (Å²) in [5.41, 5.74) is 3.52. The van der Waals surface area contributed by atoms with Gasteiger partial charge in [0, 0.05) is 32.0 Å². The van der Waals surface area contributed by atoms with Gasteiger partial charge in [0.25, 0.3) is 0 Å². The number of aryl methyl sites for hydroxylation is 1. The largest absolute Gasteiger partial charge is 0.352 e. The van der Waals surface area contributed by atoms with E-state index in [9.17, 15) is 18.0 Å². The lowest BCUT2D eigenvalue weighted by atomic mass is 10.0. The maximum absolute atomic E-state index is 13.9. The third-order valence-corrected chi connectivity index (χ3v) is 8.26. The van der Waals surface area contributed by atoms with Gasteiger partial charge in [0.05, 0.1) is 11.9 Å². The molecule has 214 valence electrons. The van der Waals surface area contributed by atoms with Gasteiger partial charge in [-0.3, -0.25) is 13.9 Å². The van der Waals surface area contributed by atoms with Crippen LogP contribution in [0, 0.1) is 6.92 Å². The molecule has 2 atom stereocenters. The Morgan fingerprint density at radius 3 is 2.10 bits per heavy atom. The van der Waals surface area contributed by atoms with Gasteiger partial charge in [-0.25, -0.2) is 8.42 Å². The normalized spacial score (nSPS) is 12.8. The molecule has 0 aliphatic carbocycles. The van der Waals surface area contributed by atoms with Crippen LogP contribution < -0.4 is 9.62 Å². The zero-order valence-corrected chi connectivity index (χ0v) is 24.7. The van der Waals surface area contributed by atoms with Gasteiger partial charge in [0.2, 0.25) is 21.8 Å². The lowest BCUT2D eigenvalue weighted by Crippen LogP contribution is -2.52. The number of rotatable bonds is 14. The maximum Gasteiger partial charge on any atom is 0.243 e. The second-order valence-electron chi connectivity index (χ2n) is 10.2. The van der Waals surface area contributed by atoms with Gasteiger partial charge < -0.3 is 10.2 Å². The first-order valence-electron chi connectivity index (χ1n) is 13.8. The Balaban J connectivity index is 1.89. The van der Waals surface area contributed by atoms with Crippen molar-refractivity contribution in [2.75, 3.05) is 17.1 Å². The maximum atomic E-state index is 13.9. The summed E-state index contributed by atoms with van der Waals surface area (Å²) in [5, 5.41) is 3.08. The third-order valence-electron chi connectivity index (χ3n) is 7.07. The van der Waals surface area contributed by atoms with Gasteiger partial charge in [-0.2, -0.15) is 0 Å². The first-order valence-corrected chi connectivity index (χ1v) is 15.7. The minimum atomic E-state index is -3.53. The summed E-state index contributed by atoms with van der Waals surface area (Å²) in [6.07, 6.45) is 2.74. The van der Waals surface area contributed by atoms with E-state index in [1.165, 1.54) is 10.6 Å². The quantitative estimate of drug-likeness (QED) is 0.296. The second kappa shape index (κ2) is 14.7. The number of sulfonamides is 1. The van der Waals surface area contributed by atoms with Crippen molar-refractivity contribution in [1.82, 2.24) is 10.2 Å². The van der Waals surface area contributed by atoms with Crippen LogP contribution in [0.25, 0.3) is 0 Å². The summed E-state index contributed by atoms with van der Waals surface area (Å²) in [4.78, 5) is 29.2. The molecule has 0 aromatic heterocycles. The fraction of sp³-hybridized carbons (Fsp3) is 0.375. The van der Waals surface area contributed by atoms with E-state index < -0.39 is 16.1 Å². The molecule has 2 amide bonds. The summed E-state index contributed by atoms with van der Waals surface area (Å²) >= 11 is 0. The summed E-state index contributed by atoms with van der Waals surface area (Å²) in [6.45, 7) is 6.40. The molecule has 0 spiro atoms. The van der Waals surface area contributed by atoms with Crippen LogP contribution in [0.3, 0.4) is 0 Å². The Hall–Kier alpha value is -3.65. The average Bonchev–Trinajstić information content (AvgIpc) is 2.94. The van der Waals surface area contributed by atoms with Crippen molar-refractivity contribution in [3.8, 4) is 0 Å². The van der Waals surface area contributed by atoms with E-state index in [1.54, 1.807) is 29.2 Å². The average molecular weight is 564 g/mol. The first-order chi connectivity index (χ1) is 19.1. The van der Waals surface area contributed by atoms with Gasteiger partial charge in [-0.1, -0.05) is 79.7 Å². The molecule has 3 rings (SSSR count). The number of hydrogen-bond acceptors (Lipinski definition) is 4. The molecule has 0 radical (unpaired) electrons. The Morgan fingerprint density at radius 1 is 0.900 bits per heavy atom. The number of benzene rings is 3. The molecule has 3 aromatic carbocycles. The van der Waals surface area contributed by atoms with Crippen LogP contribution >= 0.6 is 0 Å². The van der Waals surface area contributed by atoms with Crippen molar-refractivity contribution < 1.29 is 18.0 Å². The van der Waals surface area contributed by atoms with Crippen molar-refractivity contribution in [2.24, 2.45) is 0 Å². The predicted molar refractivity (Wildman–Crippen MR) is 161 cm³/mol. The highest BCUT2D eigenvalue weighted by molar-refractivity contribution is 7.92. The van der Waals surface area contributed by atoms with E-state index in [1.807, 2.05) is 81.4 Å². The Bertz CT molecular complexity index is 1350. The molecule has 0 saturated carbocycles. The molecule has 40 heavy (non-hydrogen) atoms. The van der Waals surface area contributed by atoms with E-state index in [-0.39, 0.29) is 37.4 Å². The van der Waals surface area contributed by atoms with Gasteiger partial charge >= 0.3 is 0 Å². The molecule has 0 saturated heterocycles. The molecule has 0 unspecified atom stereocenters. The third kappa shape index (κ3) is 8.95. The highest BCUT2D eigenvalue weighted by Gasteiger charge is 2.31. The Kier molecular flexibility index (Phi) is 11.3. The monoisotopic (exact) mass is 563 g/mol. The Labute approximate surface area is 239 Å². The summed E-state index contributed by atoms with van der Waals surface area (Å²) in [6, 6.07) is 25.7. The SMILES string of the molecule is CC[C@@H](C)NC(=O)[C@@H](Cc1ccccc1)N(Cc1ccccc1C)C(=O)CCCN(c1ccccc1)S(C)(=O)=O. The molecule has 7 nitrogen and oxygen atoms in total. The molecular weight excluding hydrogens is 522 g/mol. The van der Waals surface area contributed by atoms with Gasteiger partial charge in [-0.15, -0.1) is 0 Å². The van der Waals surface area contributed by atoms with Crippen molar-refractivity contribution in [1.29, 1.82) is 0 Å². The van der Waals surface area contributed by atoms with Gasteiger partial charge in [0.15, 0.2) is 0 Å². The first kappa shape index (κ1) is 30.9. The molecule has 0 fully saturated rings.